The summed E-state index contributed by atoms with van der Waals surface area (Å²) in [6, 6.07) is -0.314. The Morgan fingerprint density at radius 3 is 2.29 bits per heavy atom. The van der Waals surface area contributed by atoms with Gasteiger partial charge in [0, 0.05) is 25.7 Å². The number of nitrogens with zero attached hydrogens (tertiary/aromatic N) is 1. The molecule has 0 aliphatic carbocycles. The maximum atomic E-state index is 12.5. The Bertz CT molecular complexity index is 395. The van der Waals surface area contributed by atoms with Crippen LogP contribution in [0.3, 0.4) is 0 Å². The molecule has 1 saturated heterocycles. The molecule has 0 radical (unpaired) electrons. The van der Waals surface area contributed by atoms with Crippen LogP contribution in [0.4, 0.5) is 4.79 Å². The Balaban J connectivity index is 2.61. The number of hydrogen-bond acceptors (Lipinski definition) is 5. The summed E-state index contributed by atoms with van der Waals surface area (Å²) in [5.74, 6) is 0.548. The van der Waals surface area contributed by atoms with E-state index in [9.17, 15) is 9.59 Å². The number of methoxy groups -OCH3 is 1. The average molecular weight is 343 g/mol. The maximum absolute atomic E-state index is 12.5. The van der Waals surface area contributed by atoms with Crippen molar-refractivity contribution in [3.05, 3.63) is 0 Å². The summed E-state index contributed by atoms with van der Waals surface area (Å²) in [7, 11) is 1.30. The third-order valence-corrected chi connectivity index (χ3v) is 4.27. The lowest BCUT2D eigenvalue weighted by Gasteiger charge is -2.37. The molecule has 1 aliphatic heterocycles. The molecule has 0 saturated carbocycles. The van der Waals surface area contributed by atoms with Gasteiger partial charge in [0.1, 0.15) is 6.04 Å². The smallest absolute Gasteiger partial charge is 0.407 e. The van der Waals surface area contributed by atoms with Gasteiger partial charge in [0.2, 0.25) is 5.91 Å². The molecule has 0 unspecified atom stereocenters. The molecule has 1 heterocycles. The quantitative estimate of drug-likeness (QED) is 0.693. The van der Waals surface area contributed by atoms with Gasteiger partial charge in [-0.15, -0.1) is 0 Å². The van der Waals surface area contributed by atoms with Crippen molar-refractivity contribution in [2.45, 2.75) is 46.2 Å². The second kappa shape index (κ2) is 10.5. The Morgan fingerprint density at radius 1 is 1.17 bits per heavy atom. The van der Waals surface area contributed by atoms with Crippen LogP contribution in [0.1, 0.15) is 34.1 Å². The minimum atomic E-state index is -0.579. The van der Waals surface area contributed by atoms with Crippen LogP contribution >= 0.6 is 0 Å². The minimum Gasteiger partial charge on any atom is -0.453 e. The molecule has 140 valence electrons. The van der Waals surface area contributed by atoms with Gasteiger partial charge >= 0.3 is 6.09 Å². The molecule has 1 fully saturated rings. The van der Waals surface area contributed by atoms with Crippen LogP contribution in [-0.2, 0) is 14.3 Å². The molecule has 2 N–H and O–H groups in total. The zero-order valence-electron chi connectivity index (χ0n) is 15.6. The fourth-order valence-corrected chi connectivity index (χ4v) is 2.93. The Labute approximate surface area is 145 Å². The largest absolute Gasteiger partial charge is 0.453 e. The summed E-state index contributed by atoms with van der Waals surface area (Å²) in [5, 5.41) is 5.63. The second-order valence-electron chi connectivity index (χ2n) is 7.02. The first-order valence-corrected chi connectivity index (χ1v) is 8.79. The molecule has 0 bridgehead atoms. The molecular weight excluding hydrogens is 310 g/mol. The summed E-state index contributed by atoms with van der Waals surface area (Å²) in [5.41, 5.74) is 0. The number of rotatable bonds is 8. The van der Waals surface area contributed by atoms with Crippen molar-refractivity contribution in [1.82, 2.24) is 15.5 Å². The summed E-state index contributed by atoms with van der Waals surface area (Å²) >= 11 is 0. The number of morpholine rings is 1. The predicted molar refractivity (Wildman–Crippen MR) is 92.8 cm³/mol. The van der Waals surface area contributed by atoms with Gasteiger partial charge in [-0.2, -0.15) is 0 Å². The highest BCUT2D eigenvalue weighted by atomic mass is 16.5. The molecule has 1 rings (SSSR count). The molecule has 0 aromatic rings. The van der Waals surface area contributed by atoms with Crippen molar-refractivity contribution in [1.29, 1.82) is 0 Å². The molecule has 2 amide bonds. The Morgan fingerprint density at radius 2 is 1.79 bits per heavy atom. The number of carbonyl (C=O) groups excluding carboxylic acids is 2. The lowest BCUT2D eigenvalue weighted by molar-refractivity contribution is -0.123. The predicted octanol–water partition coefficient (Wildman–Crippen LogP) is 1.23. The van der Waals surface area contributed by atoms with Crippen molar-refractivity contribution in [3.8, 4) is 0 Å². The van der Waals surface area contributed by atoms with Crippen molar-refractivity contribution >= 4 is 12.0 Å². The average Bonchev–Trinajstić information content (AvgIpc) is 2.54. The van der Waals surface area contributed by atoms with Gasteiger partial charge in [-0.3, -0.25) is 9.69 Å². The molecule has 0 spiro atoms. The van der Waals surface area contributed by atoms with Crippen LogP contribution in [0.2, 0.25) is 0 Å². The van der Waals surface area contributed by atoms with Crippen LogP contribution in [0.5, 0.6) is 0 Å². The molecule has 0 aromatic carbocycles. The molecule has 0 aromatic heterocycles. The molecule has 7 heteroatoms. The minimum absolute atomic E-state index is 0.159. The van der Waals surface area contributed by atoms with Gasteiger partial charge in [0.25, 0.3) is 0 Å². The van der Waals surface area contributed by atoms with E-state index in [0.29, 0.717) is 18.9 Å². The van der Waals surface area contributed by atoms with E-state index in [4.69, 9.17) is 4.74 Å². The lowest BCUT2D eigenvalue weighted by Crippen LogP contribution is -2.54. The topological polar surface area (TPSA) is 79.9 Å². The number of nitrogens with one attached hydrogen (secondary N) is 2. The van der Waals surface area contributed by atoms with Gasteiger partial charge in [0.05, 0.1) is 20.3 Å². The second-order valence-corrected chi connectivity index (χ2v) is 7.02. The summed E-state index contributed by atoms with van der Waals surface area (Å²) in [6.07, 6.45) is -0.00503. The number of hydrogen-bond donors (Lipinski definition) is 2. The van der Waals surface area contributed by atoms with Crippen LogP contribution < -0.4 is 10.6 Å². The highest BCUT2D eigenvalue weighted by molar-refractivity contribution is 5.85. The highest BCUT2D eigenvalue weighted by Crippen LogP contribution is 2.13. The van der Waals surface area contributed by atoms with Gasteiger partial charge < -0.3 is 20.1 Å². The molecule has 24 heavy (non-hydrogen) atoms. The third kappa shape index (κ3) is 7.05. The zero-order chi connectivity index (χ0) is 18.1. The van der Waals surface area contributed by atoms with Gasteiger partial charge in [-0.25, -0.2) is 4.79 Å². The highest BCUT2D eigenvalue weighted by Gasteiger charge is 2.27. The van der Waals surface area contributed by atoms with E-state index in [2.05, 4.69) is 34.1 Å². The van der Waals surface area contributed by atoms with Crippen molar-refractivity contribution < 1.29 is 19.1 Å². The van der Waals surface area contributed by atoms with Crippen LogP contribution in [0.25, 0.3) is 0 Å². The first-order chi connectivity index (χ1) is 11.3. The van der Waals surface area contributed by atoms with E-state index in [1.165, 1.54) is 7.11 Å². The Hall–Kier alpha value is -1.34. The van der Waals surface area contributed by atoms with Crippen LogP contribution in [0.15, 0.2) is 0 Å². The fourth-order valence-electron chi connectivity index (χ4n) is 2.93. The first-order valence-electron chi connectivity index (χ1n) is 8.79. The normalized spacial score (nSPS) is 18.3. The van der Waals surface area contributed by atoms with E-state index in [1.807, 2.05) is 13.8 Å². The number of ether oxygens (including phenoxy) is 2. The summed E-state index contributed by atoms with van der Waals surface area (Å²) in [4.78, 5) is 26.3. The van der Waals surface area contributed by atoms with Crippen molar-refractivity contribution in [2.75, 3.05) is 40.0 Å². The van der Waals surface area contributed by atoms with Crippen LogP contribution in [0, 0.1) is 11.8 Å². The third-order valence-electron chi connectivity index (χ3n) is 4.27. The molecule has 1 aliphatic rings. The molecular formula is C17H33N3O4. The lowest BCUT2D eigenvalue weighted by atomic mass is 10.0. The van der Waals surface area contributed by atoms with Crippen molar-refractivity contribution in [2.24, 2.45) is 11.8 Å². The fraction of sp³-hybridized carbons (Fsp3) is 0.882. The van der Waals surface area contributed by atoms with Gasteiger partial charge in [-0.1, -0.05) is 27.7 Å². The summed E-state index contributed by atoms with van der Waals surface area (Å²) in [6.45, 7) is 12.1. The number of carbonyl (C=O) groups is 2. The number of amides is 2. The van der Waals surface area contributed by atoms with E-state index < -0.39 is 12.1 Å². The van der Waals surface area contributed by atoms with E-state index >= 15 is 0 Å². The monoisotopic (exact) mass is 343 g/mol. The van der Waals surface area contributed by atoms with Crippen molar-refractivity contribution in [3.63, 3.8) is 0 Å². The first kappa shape index (κ1) is 20.7. The molecule has 7 nitrogen and oxygen atoms in total. The van der Waals surface area contributed by atoms with E-state index in [0.717, 1.165) is 26.3 Å². The summed E-state index contributed by atoms with van der Waals surface area (Å²) < 4.78 is 10.0. The SMILES string of the molecule is COC(=O)N[C@H](CC(C)C)C(=O)NC[C@@H](C(C)C)N1CCOCC1. The Kier molecular flexibility index (Phi) is 9.07. The van der Waals surface area contributed by atoms with E-state index in [1.54, 1.807) is 0 Å². The van der Waals surface area contributed by atoms with Gasteiger partial charge in [-0.05, 0) is 18.3 Å². The standard InChI is InChI=1S/C17H33N3O4/c1-12(2)10-14(19-17(22)23-5)16(21)18-11-15(13(3)4)20-6-8-24-9-7-20/h12-15H,6-11H2,1-5H3,(H,18,21)(H,19,22)/t14-,15+/m1/s1. The van der Waals surface area contributed by atoms with Gasteiger partial charge in [0.15, 0.2) is 0 Å². The van der Waals surface area contributed by atoms with Crippen LogP contribution in [-0.4, -0.2) is 68.9 Å². The molecule has 2 atom stereocenters. The zero-order valence-corrected chi connectivity index (χ0v) is 15.6. The van der Waals surface area contributed by atoms with E-state index in [-0.39, 0.29) is 17.9 Å². The number of alkyl carbamates (subject to hydrolysis) is 1. The maximum Gasteiger partial charge on any atom is 0.407 e.